The molecule has 1 aliphatic carbocycles. The molecule has 0 saturated heterocycles. The van der Waals surface area contributed by atoms with Gasteiger partial charge in [0, 0.05) is 25.6 Å². The highest BCUT2D eigenvalue weighted by molar-refractivity contribution is 5.88. The minimum Gasteiger partial charge on any atom is -0.344 e. The smallest absolute Gasteiger partial charge is 0.244 e. The zero-order valence-electron chi connectivity index (χ0n) is 10.9. The van der Waals surface area contributed by atoms with E-state index in [4.69, 9.17) is 5.73 Å². The summed E-state index contributed by atoms with van der Waals surface area (Å²) in [6, 6.07) is -0.320. The van der Waals surface area contributed by atoms with Crippen LogP contribution in [0.25, 0.3) is 0 Å². The van der Waals surface area contributed by atoms with Gasteiger partial charge in [0.15, 0.2) is 0 Å². The van der Waals surface area contributed by atoms with Gasteiger partial charge in [0.2, 0.25) is 11.8 Å². The predicted octanol–water partition coefficient (Wildman–Crippen LogP) is 0.0968. The molecule has 1 fully saturated rings. The third-order valence-corrected chi connectivity index (χ3v) is 3.42. The standard InChI is InChI=1S/C12H23N3O2/c1-4-15(3)12(17)8(2)14-11(16)9-5-6-10(13)7-9/h8-10H,4-7,13H2,1-3H3,(H,14,16). The average molecular weight is 241 g/mol. The Hall–Kier alpha value is -1.10. The van der Waals surface area contributed by atoms with Crippen LogP contribution in [0.15, 0.2) is 0 Å². The molecule has 0 aromatic heterocycles. The van der Waals surface area contributed by atoms with Crippen LogP contribution in [0, 0.1) is 5.92 Å². The van der Waals surface area contributed by atoms with Crippen LogP contribution in [0.4, 0.5) is 0 Å². The van der Waals surface area contributed by atoms with Gasteiger partial charge in [0.25, 0.3) is 0 Å². The Morgan fingerprint density at radius 2 is 2.12 bits per heavy atom. The summed E-state index contributed by atoms with van der Waals surface area (Å²) in [4.78, 5) is 25.3. The van der Waals surface area contributed by atoms with E-state index in [9.17, 15) is 9.59 Å². The summed E-state index contributed by atoms with van der Waals surface area (Å²) in [7, 11) is 1.73. The first-order valence-corrected chi connectivity index (χ1v) is 6.26. The SMILES string of the molecule is CCN(C)C(=O)C(C)NC(=O)C1CCC(N)C1. The lowest BCUT2D eigenvalue weighted by atomic mass is 10.1. The van der Waals surface area contributed by atoms with Crippen molar-refractivity contribution in [2.24, 2.45) is 11.7 Å². The molecule has 3 unspecified atom stereocenters. The monoisotopic (exact) mass is 241 g/mol. The van der Waals surface area contributed by atoms with Crippen LogP contribution in [0.2, 0.25) is 0 Å². The normalized spacial score (nSPS) is 25.4. The second-order valence-electron chi connectivity index (χ2n) is 4.85. The van der Waals surface area contributed by atoms with Crippen molar-refractivity contribution in [1.29, 1.82) is 0 Å². The quantitative estimate of drug-likeness (QED) is 0.733. The number of nitrogens with zero attached hydrogens (tertiary/aromatic N) is 1. The summed E-state index contributed by atoms with van der Waals surface area (Å²) in [5, 5.41) is 2.77. The molecule has 3 atom stereocenters. The zero-order chi connectivity index (χ0) is 13.0. The second kappa shape index (κ2) is 6.00. The lowest BCUT2D eigenvalue weighted by molar-refractivity contribution is -0.135. The van der Waals surface area contributed by atoms with Crippen molar-refractivity contribution >= 4 is 11.8 Å². The molecule has 1 saturated carbocycles. The number of hydrogen-bond donors (Lipinski definition) is 2. The molecule has 2 amide bonds. The predicted molar refractivity (Wildman–Crippen MR) is 66.2 cm³/mol. The van der Waals surface area contributed by atoms with E-state index in [1.165, 1.54) is 0 Å². The topological polar surface area (TPSA) is 75.4 Å². The molecule has 98 valence electrons. The van der Waals surface area contributed by atoms with Gasteiger partial charge in [-0.3, -0.25) is 9.59 Å². The van der Waals surface area contributed by atoms with Gasteiger partial charge in [0.1, 0.15) is 6.04 Å². The first-order chi connectivity index (χ1) is 7.95. The number of carbonyl (C=O) groups excluding carboxylic acids is 2. The minimum atomic E-state index is -0.454. The first-order valence-electron chi connectivity index (χ1n) is 6.26. The van der Waals surface area contributed by atoms with E-state index in [-0.39, 0.29) is 23.8 Å². The van der Waals surface area contributed by atoms with Crippen molar-refractivity contribution in [2.75, 3.05) is 13.6 Å². The average Bonchev–Trinajstić information content (AvgIpc) is 2.73. The Labute approximate surface area is 103 Å². The van der Waals surface area contributed by atoms with Gasteiger partial charge < -0.3 is 16.0 Å². The lowest BCUT2D eigenvalue weighted by Crippen LogP contribution is -2.47. The third kappa shape index (κ3) is 3.70. The van der Waals surface area contributed by atoms with Crippen LogP contribution >= 0.6 is 0 Å². The minimum absolute atomic E-state index is 0.0211. The highest BCUT2D eigenvalue weighted by atomic mass is 16.2. The molecule has 17 heavy (non-hydrogen) atoms. The number of rotatable bonds is 4. The van der Waals surface area contributed by atoms with E-state index in [0.29, 0.717) is 6.54 Å². The highest BCUT2D eigenvalue weighted by Gasteiger charge is 2.29. The van der Waals surface area contributed by atoms with Crippen LogP contribution in [0.1, 0.15) is 33.1 Å². The molecule has 0 aromatic carbocycles. The van der Waals surface area contributed by atoms with Gasteiger partial charge in [-0.25, -0.2) is 0 Å². The molecule has 0 spiro atoms. The van der Waals surface area contributed by atoms with Gasteiger partial charge in [-0.1, -0.05) is 0 Å². The van der Waals surface area contributed by atoms with E-state index >= 15 is 0 Å². The first kappa shape index (κ1) is 14.0. The van der Waals surface area contributed by atoms with E-state index in [1.807, 2.05) is 6.92 Å². The molecule has 0 bridgehead atoms. The van der Waals surface area contributed by atoms with Crippen molar-refractivity contribution in [3.05, 3.63) is 0 Å². The number of likely N-dealkylation sites (N-methyl/N-ethyl adjacent to an activating group) is 1. The van der Waals surface area contributed by atoms with Gasteiger partial charge in [-0.05, 0) is 33.1 Å². The molecule has 0 aromatic rings. The molecule has 1 aliphatic rings. The molecule has 0 aliphatic heterocycles. The van der Waals surface area contributed by atoms with Crippen molar-refractivity contribution in [3.8, 4) is 0 Å². The summed E-state index contributed by atoms with van der Waals surface area (Å²) in [5.41, 5.74) is 5.77. The molecule has 0 heterocycles. The molecule has 5 nitrogen and oxygen atoms in total. The van der Waals surface area contributed by atoms with E-state index in [0.717, 1.165) is 19.3 Å². The van der Waals surface area contributed by atoms with Crippen molar-refractivity contribution in [1.82, 2.24) is 10.2 Å². The number of nitrogens with one attached hydrogen (secondary N) is 1. The van der Waals surface area contributed by atoms with Gasteiger partial charge in [0.05, 0.1) is 0 Å². The van der Waals surface area contributed by atoms with Gasteiger partial charge in [-0.15, -0.1) is 0 Å². The summed E-state index contributed by atoms with van der Waals surface area (Å²) >= 11 is 0. The lowest BCUT2D eigenvalue weighted by Gasteiger charge is -2.21. The molecular weight excluding hydrogens is 218 g/mol. The molecule has 1 rings (SSSR count). The van der Waals surface area contributed by atoms with Crippen molar-refractivity contribution in [3.63, 3.8) is 0 Å². The van der Waals surface area contributed by atoms with Crippen LogP contribution in [-0.4, -0.2) is 42.4 Å². The van der Waals surface area contributed by atoms with Gasteiger partial charge in [-0.2, -0.15) is 0 Å². The summed E-state index contributed by atoms with van der Waals surface area (Å²) in [5.74, 6) is -0.112. The Balaban J connectivity index is 2.43. The molecule has 3 N–H and O–H groups in total. The maximum absolute atomic E-state index is 11.9. The number of amides is 2. The summed E-state index contributed by atoms with van der Waals surface area (Å²) in [6.07, 6.45) is 2.46. The number of nitrogens with two attached hydrogens (primary N) is 1. The van der Waals surface area contributed by atoms with Crippen LogP contribution in [0.5, 0.6) is 0 Å². The largest absolute Gasteiger partial charge is 0.344 e. The fourth-order valence-corrected chi connectivity index (χ4v) is 2.13. The van der Waals surface area contributed by atoms with E-state index < -0.39 is 6.04 Å². The molecular formula is C12H23N3O2. The molecule has 0 radical (unpaired) electrons. The van der Waals surface area contributed by atoms with Crippen LogP contribution in [-0.2, 0) is 9.59 Å². The van der Waals surface area contributed by atoms with E-state index in [1.54, 1.807) is 18.9 Å². The Morgan fingerprint density at radius 3 is 2.59 bits per heavy atom. The Bertz CT molecular complexity index is 293. The molecule has 5 heteroatoms. The highest BCUT2D eigenvalue weighted by Crippen LogP contribution is 2.24. The van der Waals surface area contributed by atoms with Crippen molar-refractivity contribution in [2.45, 2.75) is 45.2 Å². The van der Waals surface area contributed by atoms with Gasteiger partial charge >= 0.3 is 0 Å². The second-order valence-corrected chi connectivity index (χ2v) is 4.85. The number of carbonyl (C=O) groups is 2. The van der Waals surface area contributed by atoms with Crippen LogP contribution in [0.3, 0.4) is 0 Å². The van der Waals surface area contributed by atoms with Crippen LogP contribution < -0.4 is 11.1 Å². The van der Waals surface area contributed by atoms with Crippen molar-refractivity contribution < 1.29 is 9.59 Å². The van der Waals surface area contributed by atoms with E-state index in [2.05, 4.69) is 5.32 Å². The summed E-state index contributed by atoms with van der Waals surface area (Å²) < 4.78 is 0. The maximum Gasteiger partial charge on any atom is 0.244 e. The fourth-order valence-electron chi connectivity index (χ4n) is 2.13. The third-order valence-electron chi connectivity index (χ3n) is 3.42. The fraction of sp³-hybridized carbons (Fsp3) is 0.833. The maximum atomic E-state index is 11.9. The Morgan fingerprint density at radius 1 is 1.47 bits per heavy atom. The number of hydrogen-bond acceptors (Lipinski definition) is 3. The summed E-state index contributed by atoms with van der Waals surface area (Å²) in [6.45, 7) is 4.27. The Kier molecular flexibility index (Phi) is 4.93. The zero-order valence-corrected chi connectivity index (χ0v) is 10.9.